The van der Waals surface area contributed by atoms with Gasteiger partial charge in [0, 0.05) is 35.5 Å². The molecule has 0 bridgehead atoms. The molecular formula is C37H42N4O5. The summed E-state index contributed by atoms with van der Waals surface area (Å²) in [5, 5.41) is 15.1. The fourth-order valence-corrected chi connectivity index (χ4v) is 4.64. The number of hydrogen-bond donors (Lipinski definition) is 3. The largest absolute Gasteiger partial charge is 0.508 e. The summed E-state index contributed by atoms with van der Waals surface area (Å²) in [5.74, 6) is -0.751. The maximum atomic E-state index is 13.5. The number of ether oxygens (including phenoxy) is 1. The lowest BCUT2D eigenvalue weighted by Gasteiger charge is -2.25. The van der Waals surface area contributed by atoms with Gasteiger partial charge in [-0.15, -0.1) is 0 Å². The summed E-state index contributed by atoms with van der Waals surface area (Å²) >= 11 is 0. The molecule has 3 N–H and O–H groups in total. The van der Waals surface area contributed by atoms with Crippen molar-refractivity contribution in [3.8, 4) is 28.3 Å². The molecule has 0 aliphatic rings. The summed E-state index contributed by atoms with van der Waals surface area (Å²) in [7, 11) is 0. The number of aromatic nitrogens is 2. The third kappa shape index (κ3) is 9.23. The van der Waals surface area contributed by atoms with Crippen LogP contribution in [0.3, 0.4) is 0 Å². The maximum Gasteiger partial charge on any atom is 0.328 e. The third-order valence-corrected chi connectivity index (χ3v) is 7.26. The van der Waals surface area contributed by atoms with Crippen LogP contribution in [0.1, 0.15) is 70.0 Å². The first-order valence-electron chi connectivity index (χ1n) is 15.2. The molecule has 4 rings (SSSR count). The Labute approximate surface area is 270 Å². The van der Waals surface area contributed by atoms with E-state index >= 15 is 0 Å². The van der Waals surface area contributed by atoms with Crippen LogP contribution in [0, 0.1) is 0 Å². The summed E-state index contributed by atoms with van der Waals surface area (Å²) in [5.41, 5.74) is 4.01. The molecule has 1 unspecified atom stereocenters. The van der Waals surface area contributed by atoms with E-state index in [1.165, 1.54) is 0 Å². The number of esters is 1. The van der Waals surface area contributed by atoms with E-state index in [0.717, 1.165) is 27.8 Å². The van der Waals surface area contributed by atoms with E-state index < -0.39 is 35.5 Å². The van der Waals surface area contributed by atoms with Gasteiger partial charge >= 0.3 is 5.97 Å². The summed E-state index contributed by atoms with van der Waals surface area (Å²) in [6.45, 7) is 13.1. The Hall–Kier alpha value is -5.05. The molecule has 0 aliphatic carbocycles. The zero-order valence-corrected chi connectivity index (χ0v) is 27.4. The molecule has 2 atom stereocenters. The zero-order chi connectivity index (χ0) is 33.6. The first kappa shape index (κ1) is 33.8. The van der Waals surface area contributed by atoms with E-state index in [0.29, 0.717) is 11.4 Å². The number of carbonyl (C=O) groups excluding carboxylic acids is 3. The maximum absolute atomic E-state index is 13.5. The van der Waals surface area contributed by atoms with Gasteiger partial charge in [0.2, 0.25) is 5.91 Å². The first-order chi connectivity index (χ1) is 21.6. The van der Waals surface area contributed by atoms with Crippen molar-refractivity contribution in [2.45, 2.75) is 78.0 Å². The normalized spacial score (nSPS) is 12.9. The van der Waals surface area contributed by atoms with E-state index in [2.05, 4.69) is 41.4 Å². The van der Waals surface area contributed by atoms with E-state index in [4.69, 9.17) is 4.74 Å². The van der Waals surface area contributed by atoms with Crippen LogP contribution in [0.25, 0.3) is 22.5 Å². The molecule has 0 spiro atoms. The van der Waals surface area contributed by atoms with Gasteiger partial charge in [0.05, 0.1) is 0 Å². The topological polar surface area (TPSA) is 131 Å². The Balaban J connectivity index is 1.51. The van der Waals surface area contributed by atoms with Gasteiger partial charge in [0.25, 0.3) is 5.91 Å². The zero-order valence-electron chi connectivity index (χ0n) is 27.4. The number of nitrogens with zero attached hydrogens (tertiary/aromatic N) is 2. The number of carbonyl (C=O) groups is 3. The van der Waals surface area contributed by atoms with E-state index in [1.54, 1.807) is 76.5 Å². The van der Waals surface area contributed by atoms with Crippen molar-refractivity contribution in [2.75, 3.05) is 0 Å². The van der Waals surface area contributed by atoms with Crippen molar-refractivity contribution in [1.29, 1.82) is 0 Å². The minimum Gasteiger partial charge on any atom is -0.508 e. The average Bonchev–Trinajstić information content (AvgIpc) is 3.00. The summed E-state index contributed by atoms with van der Waals surface area (Å²) in [4.78, 5) is 48.3. The van der Waals surface area contributed by atoms with Crippen LogP contribution in [-0.4, -0.2) is 50.5 Å². The van der Waals surface area contributed by atoms with E-state index in [9.17, 15) is 19.5 Å². The molecule has 0 aliphatic heterocycles. The molecular weight excluding hydrogens is 580 g/mol. The van der Waals surface area contributed by atoms with E-state index in [1.807, 2.05) is 36.4 Å². The molecule has 4 aromatic rings. The lowest BCUT2D eigenvalue weighted by Crippen LogP contribution is -2.52. The molecule has 0 saturated heterocycles. The summed E-state index contributed by atoms with van der Waals surface area (Å²) in [6.07, 6.45) is 3.62. The van der Waals surface area contributed by atoms with Crippen LogP contribution in [0.2, 0.25) is 0 Å². The molecule has 46 heavy (non-hydrogen) atoms. The van der Waals surface area contributed by atoms with E-state index in [-0.39, 0.29) is 17.6 Å². The Bertz CT molecular complexity index is 1650. The van der Waals surface area contributed by atoms with Gasteiger partial charge in [-0.2, -0.15) is 0 Å². The molecule has 0 radical (unpaired) electrons. The predicted octanol–water partition coefficient (Wildman–Crippen LogP) is 6.00. The molecule has 240 valence electrons. The first-order valence-corrected chi connectivity index (χ1v) is 15.2. The highest BCUT2D eigenvalue weighted by Gasteiger charge is 2.28. The van der Waals surface area contributed by atoms with Crippen LogP contribution >= 0.6 is 0 Å². The van der Waals surface area contributed by atoms with Gasteiger partial charge in [0.1, 0.15) is 23.4 Å². The van der Waals surface area contributed by atoms with Gasteiger partial charge in [-0.05, 0) is 74.1 Å². The molecule has 9 nitrogen and oxygen atoms in total. The Morgan fingerprint density at radius 2 is 1.33 bits per heavy atom. The van der Waals surface area contributed by atoms with Crippen LogP contribution in [0.4, 0.5) is 0 Å². The second-order valence-corrected chi connectivity index (χ2v) is 13.4. The van der Waals surface area contributed by atoms with Crippen molar-refractivity contribution in [2.24, 2.45) is 0 Å². The Morgan fingerprint density at radius 3 is 1.87 bits per heavy atom. The van der Waals surface area contributed by atoms with Crippen molar-refractivity contribution in [3.63, 3.8) is 0 Å². The molecule has 3 aromatic carbocycles. The van der Waals surface area contributed by atoms with Crippen LogP contribution in [0.5, 0.6) is 5.75 Å². The van der Waals surface area contributed by atoms with Crippen molar-refractivity contribution >= 4 is 17.8 Å². The SMILES string of the molecule is C[C@H](NC(=O)C(Cc1ccc(-c2ncc(-c3ccc(O)cc3)cn2)cc1)NC(=O)c1ccc(C(C)(C)C)cc1)C(=O)OC(C)(C)C. The minimum absolute atomic E-state index is 0.0682. The van der Waals surface area contributed by atoms with Crippen LogP contribution < -0.4 is 10.6 Å². The number of phenols is 1. The van der Waals surface area contributed by atoms with Crippen LogP contribution in [0.15, 0.2) is 85.2 Å². The monoisotopic (exact) mass is 622 g/mol. The number of phenolic OH excluding ortho intramolecular Hbond substituents is 1. The van der Waals surface area contributed by atoms with Gasteiger partial charge in [0.15, 0.2) is 5.82 Å². The van der Waals surface area contributed by atoms with Gasteiger partial charge in [-0.1, -0.05) is 69.3 Å². The van der Waals surface area contributed by atoms with Crippen molar-refractivity contribution < 1.29 is 24.2 Å². The lowest BCUT2D eigenvalue weighted by atomic mass is 9.86. The number of aromatic hydroxyl groups is 1. The highest BCUT2D eigenvalue weighted by Crippen LogP contribution is 2.24. The van der Waals surface area contributed by atoms with Crippen molar-refractivity contribution in [3.05, 3.63) is 102 Å². The fraction of sp³-hybridized carbons (Fsp3) is 0.324. The number of rotatable bonds is 9. The average molecular weight is 623 g/mol. The van der Waals surface area contributed by atoms with Crippen molar-refractivity contribution in [1.82, 2.24) is 20.6 Å². The predicted molar refractivity (Wildman–Crippen MR) is 178 cm³/mol. The third-order valence-electron chi connectivity index (χ3n) is 7.26. The molecule has 1 heterocycles. The molecule has 2 amide bonds. The molecule has 9 heteroatoms. The molecule has 0 fully saturated rings. The number of nitrogens with one attached hydrogen (secondary N) is 2. The second kappa shape index (κ2) is 13.9. The second-order valence-electron chi connectivity index (χ2n) is 13.4. The van der Waals surface area contributed by atoms with Gasteiger partial charge < -0.3 is 20.5 Å². The number of benzene rings is 3. The van der Waals surface area contributed by atoms with Gasteiger partial charge in [-0.25, -0.2) is 14.8 Å². The number of hydrogen-bond acceptors (Lipinski definition) is 7. The summed E-state index contributed by atoms with van der Waals surface area (Å²) < 4.78 is 5.42. The fourth-order valence-electron chi connectivity index (χ4n) is 4.64. The smallest absolute Gasteiger partial charge is 0.328 e. The Kier molecular flexibility index (Phi) is 10.2. The van der Waals surface area contributed by atoms with Gasteiger partial charge in [-0.3, -0.25) is 9.59 Å². The standard InChI is InChI=1S/C37H42N4O5/c1-23(35(45)46-37(5,6)7)40-34(44)31(41-33(43)27-12-16-29(17-13-27)36(2,3)4)20-24-8-10-26(11-9-24)32-38-21-28(22-39-32)25-14-18-30(42)19-15-25/h8-19,21-23,31,42H,20H2,1-7H3,(H,40,44)(H,41,43)/t23-,31?/m0/s1. The molecule has 0 saturated carbocycles. The highest BCUT2D eigenvalue weighted by atomic mass is 16.6. The lowest BCUT2D eigenvalue weighted by molar-refractivity contribution is -0.158. The number of amides is 2. The summed E-state index contributed by atoms with van der Waals surface area (Å²) in [6, 6.07) is 19.7. The quantitative estimate of drug-likeness (QED) is 0.195. The molecule has 1 aromatic heterocycles. The Morgan fingerprint density at radius 1 is 0.761 bits per heavy atom. The minimum atomic E-state index is -0.966. The van der Waals surface area contributed by atoms with Crippen LogP contribution in [-0.2, 0) is 26.2 Å². The highest BCUT2D eigenvalue weighted by molar-refractivity contribution is 5.98.